The summed E-state index contributed by atoms with van der Waals surface area (Å²) in [6, 6.07) is 3.33. The Labute approximate surface area is 120 Å². The second-order valence-corrected chi connectivity index (χ2v) is 5.02. The van der Waals surface area contributed by atoms with Gasteiger partial charge in [-0.3, -0.25) is 9.59 Å². The van der Waals surface area contributed by atoms with Gasteiger partial charge in [-0.1, -0.05) is 11.6 Å². The number of nitrogens with one attached hydrogen (secondary N) is 1. The first kappa shape index (κ1) is 14.7. The van der Waals surface area contributed by atoms with E-state index in [2.05, 4.69) is 5.32 Å². The number of rotatable bonds is 3. The normalized spacial score (nSPS) is 20.1. The van der Waals surface area contributed by atoms with E-state index in [0.717, 1.165) is 0 Å². The van der Waals surface area contributed by atoms with E-state index in [9.17, 15) is 14.0 Å². The maximum atomic E-state index is 13.1. The summed E-state index contributed by atoms with van der Waals surface area (Å²) >= 11 is 5.69. The number of carbonyl (C=O) groups excluding carboxylic acids is 2. The van der Waals surface area contributed by atoms with Gasteiger partial charge in [0.25, 0.3) is 0 Å². The van der Waals surface area contributed by atoms with E-state index in [1.165, 1.54) is 30.0 Å². The number of anilines is 1. The predicted octanol–water partition coefficient (Wildman–Crippen LogP) is 1.08. The van der Waals surface area contributed by atoms with Crippen LogP contribution in [0.2, 0.25) is 5.02 Å². The van der Waals surface area contributed by atoms with Gasteiger partial charge in [0, 0.05) is 12.2 Å². The molecule has 2 rings (SSSR count). The van der Waals surface area contributed by atoms with Crippen LogP contribution in [0.15, 0.2) is 18.2 Å². The van der Waals surface area contributed by atoms with Gasteiger partial charge in [-0.2, -0.15) is 0 Å². The number of halogens is 2. The average molecular weight is 301 g/mol. The molecule has 0 radical (unpaired) electrons. The van der Waals surface area contributed by atoms with Gasteiger partial charge in [-0.05, 0) is 31.5 Å². The molecule has 1 heterocycles. The summed E-state index contributed by atoms with van der Waals surface area (Å²) in [6.45, 7) is 1.72. The van der Waals surface area contributed by atoms with Crippen molar-refractivity contribution in [3.05, 3.63) is 29.0 Å². The molecular formula is C13H14ClFN2O3. The van der Waals surface area contributed by atoms with Crippen LogP contribution < -0.4 is 10.2 Å². The monoisotopic (exact) mass is 300 g/mol. The van der Waals surface area contributed by atoms with Gasteiger partial charge in [0.15, 0.2) is 0 Å². The van der Waals surface area contributed by atoms with E-state index >= 15 is 0 Å². The van der Waals surface area contributed by atoms with E-state index in [0.29, 0.717) is 18.7 Å². The molecule has 1 aromatic rings. The first-order valence-corrected chi connectivity index (χ1v) is 6.53. The second kappa shape index (κ2) is 5.76. The Balaban J connectivity index is 2.11. The van der Waals surface area contributed by atoms with Crippen molar-refractivity contribution in [3.8, 4) is 0 Å². The smallest absolute Gasteiger partial charge is 0.249 e. The molecule has 7 heteroatoms. The lowest BCUT2D eigenvalue weighted by atomic mass is 10.2. The quantitative estimate of drug-likeness (QED) is 0.877. The lowest BCUT2D eigenvalue weighted by Gasteiger charge is -2.18. The fraction of sp³-hybridized carbons (Fsp3) is 0.385. The molecule has 0 saturated carbocycles. The molecule has 2 atom stereocenters. The number of aliphatic hydroxyl groups is 1. The van der Waals surface area contributed by atoms with Gasteiger partial charge >= 0.3 is 0 Å². The maximum absolute atomic E-state index is 13.1. The predicted molar refractivity (Wildman–Crippen MR) is 72.0 cm³/mol. The molecule has 0 bridgehead atoms. The zero-order valence-corrected chi connectivity index (χ0v) is 11.5. The van der Waals surface area contributed by atoms with Crippen LogP contribution in [0.4, 0.5) is 10.1 Å². The highest BCUT2D eigenvalue weighted by Gasteiger charge is 2.34. The van der Waals surface area contributed by atoms with Gasteiger partial charge in [-0.15, -0.1) is 0 Å². The fourth-order valence-corrected chi connectivity index (χ4v) is 2.19. The van der Waals surface area contributed by atoms with Crippen molar-refractivity contribution >= 4 is 29.1 Å². The van der Waals surface area contributed by atoms with E-state index in [-0.39, 0.29) is 10.9 Å². The molecule has 20 heavy (non-hydrogen) atoms. The van der Waals surface area contributed by atoms with Gasteiger partial charge in [0.05, 0.1) is 5.02 Å². The zero-order valence-electron chi connectivity index (χ0n) is 10.8. The van der Waals surface area contributed by atoms with Gasteiger partial charge in [0.1, 0.15) is 18.0 Å². The van der Waals surface area contributed by atoms with E-state index in [1.807, 2.05) is 0 Å². The van der Waals surface area contributed by atoms with Crippen LogP contribution >= 0.6 is 11.6 Å². The average Bonchev–Trinajstić information content (AvgIpc) is 2.74. The Morgan fingerprint density at radius 1 is 1.60 bits per heavy atom. The molecule has 2 N–H and O–H groups in total. The van der Waals surface area contributed by atoms with Crippen molar-refractivity contribution in [1.29, 1.82) is 0 Å². The number of carbonyl (C=O) groups is 2. The molecule has 0 unspecified atom stereocenters. The SMILES string of the molecule is C[C@@H](O)C(=O)N[C@@H]1CCN(c2ccc(F)c(Cl)c2)C1=O. The highest BCUT2D eigenvalue weighted by molar-refractivity contribution is 6.31. The summed E-state index contributed by atoms with van der Waals surface area (Å²) < 4.78 is 13.1. The van der Waals surface area contributed by atoms with Crippen molar-refractivity contribution in [3.63, 3.8) is 0 Å². The van der Waals surface area contributed by atoms with Crippen LogP contribution in [0, 0.1) is 5.82 Å². The van der Waals surface area contributed by atoms with Crippen LogP contribution in [-0.2, 0) is 9.59 Å². The number of hydrogen-bond donors (Lipinski definition) is 2. The molecular weight excluding hydrogens is 287 g/mol. The van der Waals surface area contributed by atoms with Crippen LogP contribution in [0.3, 0.4) is 0 Å². The third-order valence-corrected chi connectivity index (χ3v) is 3.41. The lowest BCUT2D eigenvalue weighted by Crippen LogP contribution is -2.44. The van der Waals surface area contributed by atoms with Crippen LogP contribution in [-0.4, -0.2) is 35.6 Å². The summed E-state index contributed by atoms with van der Waals surface area (Å²) in [6.07, 6.45) is -0.746. The highest BCUT2D eigenvalue weighted by atomic mass is 35.5. The first-order valence-electron chi connectivity index (χ1n) is 6.15. The molecule has 2 amide bonds. The summed E-state index contributed by atoms with van der Waals surface area (Å²) in [7, 11) is 0. The number of benzene rings is 1. The molecule has 1 fully saturated rings. The summed E-state index contributed by atoms with van der Waals surface area (Å²) in [5, 5.41) is 11.5. The molecule has 1 aromatic carbocycles. The van der Waals surface area contributed by atoms with Crippen molar-refractivity contribution < 1.29 is 19.1 Å². The summed E-state index contributed by atoms with van der Waals surface area (Å²) in [4.78, 5) is 25.0. The maximum Gasteiger partial charge on any atom is 0.249 e. The first-order chi connectivity index (χ1) is 9.40. The minimum Gasteiger partial charge on any atom is -0.384 e. The van der Waals surface area contributed by atoms with E-state index in [1.54, 1.807) is 0 Å². The molecule has 1 saturated heterocycles. The largest absolute Gasteiger partial charge is 0.384 e. The molecule has 108 valence electrons. The molecule has 0 spiro atoms. The number of aliphatic hydroxyl groups excluding tert-OH is 1. The number of amides is 2. The Morgan fingerprint density at radius 2 is 2.30 bits per heavy atom. The van der Waals surface area contributed by atoms with Crippen molar-refractivity contribution in [2.45, 2.75) is 25.5 Å². The standard InChI is InChI=1S/C13H14ClFN2O3/c1-7(18)12(19)16-11-4-5-17(13(11)20)8-2-3-10(15)9(14)6-8/h2-3,6-7,11,18H,4-5H2,1H3,(H,16,19)/t7-,11-/m1/s1. The van der Waals surface area contributed by atoms with Gasteiger partial charge in [0.2, 0.25) is 11.8 Å². The van der Waals surface area contributed by atoms with Crippen molar-refractivity contribution in [2.24, 2.45) is 0 Å². The van der Waals surface area contributed by atoms with Crippen molar-refractivity contribution in [1.82, 2.24) is 5.32 Å². The third-order valence-electron chi connectivity index (χ3n) is 3.12. The van der Waals surface area contributed by atoms with Crippen LogP contribution in [0.25, 0.3) is 0 Å². The van der Waals surface area contributed by atoms with Crippen LogP contribution in [0.5, 0.6) is 0 Å². The zero-order chi connectivity index (χ0) is 14.9. The Bertz CT molecular complexity index is 550. The minimum absolute atomic E-state index is 0.0632. The summed E-state index contributed by atoms with van der Waals surface area (Å²) in [5.74, 6) is -1.45. The molecule has 0 aliphatic carbocycles. The van der Waals surface area contributed by atoms with Gasteiger partial charge < -0.3 is 15.3 Å². The van der Waals surface area contributed by atoms with Crippen molar-refractivity contribution in [2.75, 3.05) is 11.4 Å². The molecule has 1 aliphatic rings. The van der Waals surface area contributed by atoms with Crippen LogP contribution in [0.1, 0.15) is 13.3 Å². The number of hydrogen-bond acceptors (Lipinski definition) is 3. The third kappa shape index (κ3) is 2.91. The molecule has 0 aromatic heterocycles. The Hall–Kier alpha value is -1.66. The highest BCUT2D eigenvalue weighted by Crippen LogP contribution is 2.26. The fourth-order valence-electron chi connectivity index (χ4n) is 2.02. The minimum atomic E-state index is -1.17. The lowest BCUT2D eigenvalue weighted by molar-refractivity contribution is -0.131. The molecule has 1 aliphatic heterocycles. The number of nitrogens with zero attached hydrogens (tertiary/aromatic N) is 1. The Morgan fingerprint density at radius 3 is 2.90 bits per heavy atom. The second-order valence-electron chi connectivity index (χ2n) is 4.61. The Kier molecular flexibility index (Phi) is 4.25. The van der Waals surface area contributed by atoms with Gasteiger partial charge in [-0.25, -0.2) is 4.39 Å². The topological polar surface area (TPSA) is 69.6 Å². The summed E-state index contributed by atoms with van der Waals surface area (Å²) in [5.41, 5.74) is 0.482. The molecule has 5 nitrogen and oxygen atoms in total. The van der Waals surface area contributed by atoms with E-state index < -0.39 is 23.9 Å². The van der Waals surface area contributed by atoms with E-state index in [4.69, 9.17) is 16.7 Å².